The number of cyclic esters (lactones) is 1. The average Bonchev–Trinajstić information content (AvgIpc) is 2.90. The van der Waals surface area contributed by atoms with Crippen LogP contribution in [-0.2, 0) is 14.3 Å². The highest BCUT2D eigenvalue weighted by atomic mass is 16.5. The van der Waals surface area contributed by atoms with Gasteiger partial charge in [0.1, 0.15) is 34.3 Å². The molecule has 2 heterocycles. The number of rotatable bonds is 4. The van der Waals surface area contributed by atoms with Gasteiger partial charge in [-0.3, -0.25) is 9.59 Å². The molecule has 0 fully saturated rings. The van der Waals surface area contributed by atoms with Gasteiger partial charge in [0.2, 0.25) is 0 Å². The molecule has 202 valence electrons. The predicted molar refractivity (Wildman–Crippen MR) is 141 cm³/mol. The van der Waals surface area contributed by atoms with Crippen molar-refractivity contribution >= 4 is 23.8 Å². The zero-order valence-electron chi connectivity index (χ0n) is 22.3. The SMILES string of the molecule is COc1cc(OC)cc(C2CC(=O)Oc3cc4c(c(OC)c32)C(=O)O[C@@H](C)CCCC(=O)CCC/C=C/4)c1. The van der Waals surface area contributed by atoms with Crippen LogP contribution < -0.4 is 18.9 Å². The number of carbonyl (C=O) groups excluding carboxylic acids is 3. The molecule has 0 amide bonds. The number of methoxy groups -OCH3 is 3. The molecule has 4 rings (SSSR count). The molecule has 2 atom stereocenters. The minimum absolute atomic E-state index is 0.0494. The summed E-state index contributed by atoms with van der Waals surface area (Å²) < 4.78 is 28.3. The van der Waals surface area contributed by atoms with Gasteiger partial charge in [0, 0.05) is 30.4 Å². The van der Waals surface area contributed by atoms with Crippen LogP contribution in [0.3, 0.4) is 0 Å². The summed E-state index contributed by atoms with van der Waals surface area (Å²) >= 11 is 0. The van der Waals surface area contributed by atoms with Crippen molar-refractivity contribution < 1.29 is 38.1 Å². The van der Waals surface area contributed by atoms with Crippen LogP contribution in [0.4, 0.5) is 0 Å². The number of carbonyl (C=O) groups is 3. The molecule has 8 heteroatoms. The molecule has 1 unspecified atom stereocenters. The third-order valence-electron chi connectivity index (χ3n) is 6.94. The summed E-state index contributed by atoms with van der Waals surface area (Å²) in [5.41, 5.74) is 2.16. The molecular weight excluding hydrogens is 488 g/mol. The van der Waals surface area contributed by atoms with Gasteiger partial charge in [-0.1, -0.05) is 12.2 Å². The summed E-state index contributed by atoms with van der Waals surface area (Å²) in [5.74, 6) is 0.607. The Morgan fingerprint density at radius 3 is 2.29 bits per heavy atom. The van der Waals surface area contributed by atoms with Crippen molar-refractivity contribution in [3.8, 4) is 23.0 Å². The minimum Gasteiger partial charge on any atom is -0.497 e. The second kappa shape index (κ2) is 12.2. The third kappa shape index (κ3) is 6.01. The van der Waals surface area contributed by atoms with Crippen LogP contribution >= 0.6 is 0 Å². The quantitative estimate of drug-likeness (QED) is 0.376. The molecular formula is C30H34O8. The maximum atomic E-state index is 13.6. The van der Waals surface area contributed by atoms with E-state index in [1.165, 1.54) is 7.11 Å². The Labute approximate surface area is 222 Å². The summed E-state index contributed by atoms with van der Waals surface area (Å²) in [6.45, 7) is 1.82. The summed E-state index contributed by atoms with van der Waals surface area (Å²) in [6, 6.07) is 7.11. The molecule has 8 nitrogen and oxygen atoms in total. The maximum absolute atomic E-state index is 13.6. The average molecular weight is 523 g/mol. The number of hydrogen-bond donors (Lipinski definition) is 0. The topological polar surface area (TPSA) is 97.4 Å². The highest BCUT2D eigenvalue weighted by molar-refractivity contribution is 5.99. The van der Waals surface area contributed by atoms with E-state index in [9.17, 15) is 14.4 Å². The van der Waals surface area contributed by atoms with E-state index in [2.05, 4.69) is 0 Å². The van der Waals surface area contributed by atoms with Gasteiger partial charge in [-0.05, 0) is 61.9 Å². The van der Waals surface area contributed by atoms with Crippen LogP contribution in [0, 0.1) is 0 Å². The van der Waals surface area contributed by atoms with Crippen molar-refractivity contribution in [2.75, 3.05) is 21.3 Å². The lowest BCUT2D eigenvalue weighted by atomic mass is 9.83. The van der Waals surface area contributed by atoms with Crippen molar-refractivity contribution in [1.29, 1.82) is 0 Å². The number of ketones is 1. The van der Waals surface area contributed by atoms with Gasteiger partial charge >= 0.3 is 11.9 Å². The smallest absolute Gasteiger partial charge is 0.342 e. The molecule has 38 heavy (non-hydrogen) atoms. The molecule has 0 saturated heterocycles. The van der Waals surface area contributed by atoms with E-state index in [0.29, 0.717) is 66.2 Å². The minimum atomic E-state index is -0.529. The summed E-state index contributed by atoms with van der Waals surface area (Å²) in [7, 11) is 4.61. The van der Waals surface area contributed by atoms with Crippen LogP contribution in [0.15, 0.2) is 30.3 Å². The van der Waals surface area contributed by atoms with Gasteiger partial charge in [-0.2, -0.15) is 0 Å². The monoisotopic (exact) mass is 522 g/mol. The van der Waals surface area contributed by atoms with E-state index in [1.807, 2.05) is 25.1 Å². The molecule has 0 aromatic heterocycles. The maximum Gasteiger partial charge on any atom is 0.342 e. The van der Waals surface area contributed by atoms with Gasteiger partial charge in [0.05, 0.1) is 33.9 Å². The Kier molecular flexibility index (Phi) is 8.71. The number of benzene rings is 2. The second-order valence-electron chi connectivity index (χ2n) is 9.60. The fraction of sp³-hybridized carbons (Fsp3) is 0.433. The summed E-state index contributed by atoms with van der Waals surface area (Å²) in [4.78, 5) is 38.4. The van der Waals surface area contributed by atoms with Crippen LogP contribution in [0.1, 0.15) is 84.8 Å². The van der Waals surface area contributed by atoms with Crippen LogP contribution in [0.2, 0.25) is 0 Å². The molecule has 0 bridgehead atoms. The second-order valence-corrected chi connectivity index (χ2v) is 9.60. The lowest BCUT2D eigenvalue weighted by Crippen LogP contribution is -2.24. The van der Waals surface area contributed by atoms with E-state index in [4.69, 9.17) is 23.7 Å². The lowest BCUT2D eigenvalue weighted by molar-refractivity contribution is -0.135. The standard InChI is InChI=1S/C30H34O8/c1-18-9-8-12-21(31)11-7-5-6-10-19-15-25-28(29(36-4)27(19)30(33)37-18)24(17-26(32)38-25)20-13-22(34-2)16-23(14-20)35-3/h6,10,13-16,18,24H,5,7-9,11-12,17H2,1-4H3/b10-6+/t18-,24?/m0/s1. The summed E-state index contributed by atoms with van der Waals surface area (Å²) in [6.07, 6.45) is 7.01. The van der Waals surface area contributed by atoms with Crippen LogP contribution in [-0.4, -0.2) is 45.2 Å². The number of esters is 2. The first-order valence-electron chi connectivity index (χ1n) is 12.9. The highest BCUT2D eigenvalue weighted by Gasteiger charge is 2.36. The number of allylic oxidation sites excluding steroid dienone is 1. The van der Waals surface area contributed by atoms with E-state index in [-0.39, 0.29) is 23.9 Å². The van der Waals surface area contributed by atoms with Crippen molar-refractivity contribution in [3.63, 3.8) is 0 Å². The van der Waals surface area contributed by atoms with Gasteiger partial charge in [-0.25, -0.2) is 4.79 Å². The predicted octanol–water partition coefficient (Wildman–Crippen LogP) is 5.64. The van der Waals surface area contributed by atoms with Crippen molar-refractivity contribution in [2.24, 2.45) is 0 Å². The molecule has 0 N–H and O–H groups in total. The van der Waals surface area contributed by atoms with Gasteiger partial charge in [0.15, 0.2) is 0 Å². The first-order chi connectivity index (χ1) is 18.3. The van der Waals surface area contributed by atoms with Crippen molar-refractivity contribution in [2.45, 2.75) is 63.9 Å². The normalized spacial score (nSPS) is 21.2. The van der Waals surface area contributed by atoms with Gasteiger partial charge in [-0.15, -0.1) is 0 Å². The fourth-order valence-corrected chi connectivity index (χ4v) is 5.03. The molecule has 0 saturated carbocycles. The molecule has 2 aromatic carbocycles. The molecule has 0 spiro atoms. The van der Waals surface area contributed by atoms with E-state index in [1.54, 1.807) is 32.4 Å². The van der Waals surface area contributed by atoms with Gasteiger partial charge in [0.25, 0.3) is 0 Å². The zero-order chi connectivity index (χ0) is 27.2. The van der Waals surface area contributed by atoms with E-state index >= 15 is 0 Å². The van der Waals surface area contributed by atoms with Crippen molar-refractivity contribution in [1.82, 2.24) is 0 Å². The Hall–Kier alpha value is -3.81. The molecule has 0 radical (unpaired) electrons. The number of Topliss-reactive ketones (excluding diaryl/α,β-unsaturated/α-hetero) is 1. The number of ether oxygens (including phenoxy) is 5. The zero-order valence-corrected chi connectivity index (χ0v) is 22.3. The Balaban J connectivity index is 1.88. The van der Waals surface area contributed by atoms with Gasteiger partial charge < -0.3 is 23.7 Å². The molecule has 2 aliphatic heterocycles. The van der Waals surface area contributed by atoms with Crippen molar-refractivity contribution in [3.05, 3.63) is 52.6 Å². The fourth-order valence-electron chi connectivity index (χ4n) is 5.03. The first-order valence-corrected chi connectivity index (χ1v) is 12.9. The van der Waals surface area contributed by atoms with E-state index < -0.39 is 17.9 Å². The van der Waals surface area contributed by atoms with E-state index in [0.717, 1.165) is 12.0 Å². The molecule has 0 aliphatic carbocycles. The molecule has 2 aromatic rings. The lowest BCUT2D eigenvalue weighted by Gasteiger charge is -2.29. The third-order valence-corrected chi connectivity index (χ3v) is 6.94. The Morgan fingerprint density at radius 1 is 0.895 bits per heavy atom. The Morgan fingerprint density at radius 2 is 1.61 bits per heavy atom. The number of fused-ring (bicyclic) bond motifs is 2. The largest absolute Gasteiger partial charge is 0.497 e. The number of hydrogen-bond acceptors (Lipinski definition) is 8. The molecule has 2 aliphatic rings. The van der Waals surface area contributed by atoms with Crippen LogP contribution in [0.5, 0.6) is 23.0 Å². The highest BCUT2D eigenvalue weighted by Crippen LogP contribution is 2.48. The Bertz CT molecular complexity index is 1220. The van der Waals surface area contributed by atoms with Crippen LogP contribution in [0.25, 0.3) is 6.08 Å². The first kappa shape index (κ1) is 27.2. The summed E-state index contributed by atoms with van der Waals surface area (Å²) in [5, 5.41) is 0.